The van der Waals surface area contributed by atoms with Gasteiger partial charge in [-0.1, -0.05) is 6.07 Å². The zero-order valence-electron chi connectivity index (χ0n) is 14.5. The van der Waals surface area contributed by atoms with Gasteiger partial charge in [-0.25, -0.2) is 4.99 Å². The van der Waals surface area contributed by atoms with Crippen molar-refractivity contribution in [2.24, 2.45) is 10.7 Å². The molecule has 23 heavy (non-hydrogen) atoms. The van der Waals surface area contributed by atoms with Gasteiger partial charge in [-0.2, -0.15) is 0 Å². The van der Waals surface area contributed by atoms with Crippen LogP contribution in [0.15, 0.2) is 23.2 Å². The Morgan fingerprint density at radius 2 is 2.04 bits per heavy atom. The lowest BCUT2D eigenvalue weighted by Crippen LogP contribution is -2.43. The summed E-state index contributed by atoms with van der Waals surface area (Å²) in [7, 11) is 5.41. The van der Waals surface area contributed by atoms with Crippen LogP contribution in [0.2, 0.25) is 0 Å². The van der Waals surface area contributed by atoms with E-state index in [1.165, 1.54) is 12.8 Å². The molecule has 1 aliphatic rings. The highest BCUT2D eigenvalue weighted by Crippen LogP contribution is 2.28. The highest BCUT2D eigenvalue weighted by Gasteiger charge is 2.28. The Morgan fingerprint density at radius 3 is 2.65 bits per heavy atom. The Hall–Kier alpha value is -1.95. The molecule has 6 nitrogen and oxygen atoms in total. The standard InChI is InChI=1S/C17H28N4O2/c1-12(21(2)14-6-7-14)10-19-17(18)20-11-13-5-8-15(22-3)16(9-13)23-4/h5,8-9,12,14H,6-7,10-11H2,1-4H3,(H3,18,19,20). The lowest BCUT2D eigenvalue weighted by Gasteiger charge is -2.24. The molecule has 2 rings (SSSR count). The first-order chi connectivity index (χ1) is 11.0. The highest BCUT2D eigenvalue weighted by molar-refractivity contribution is 5.77. The van der Waals surface area contributed by atoms with Crippen molar-refractivity contribution in [3.8, 4) is 11.5 Å². The first kappa shape index (κ1) is 17.4. The van der Waals surface area contributed by atoms with E-state index < -0.39 is 0 Å². The SMILES string of the molecule is COc1ccc(CN=C(N)NCC(C)N(C)C2CC2)cc1OC. The fraction of sp³-hybridized carbons (Fsp3) is 0.588. The monoisotopic (exact) mass is 320 g/mol. The highest BCUT2D eigenvalue weighted by atomic mass is 16.5. The Labute approximate surface area is 138 Å². The molecule has 6 heteroatoms. The number of rotatable bonds is 8. The van der Waals surface area contributed by atoms with Gasteiger partial charge in [0.05, 0.1) is 20.8 Å². The summed E-state index contributed by atoms with van der Waals surface area (Å²) >= 11 is 0. The van der Waals surface area contributed by atoms with Crippen molar-refractivity contribution in [3.63, 3.8) is 0 Å². The van der Waals surface area contributed by atoms with Gasteiger partial charge in [-0.15, -0.1) is 0 Å². The third kappa shape index (κ3) is 5.03. The molecule has 0 spiro atoms. The molecule has 0 aliphatic heterocycles. The van der Waals surface area contributed by atoms with E-state index in [0.29, 0.717) is 30.0 Å². The van der Waals surface area contributed by atoms with Crippen LogP contribution in [-0.4, -0.2) is 50.8 Å². The maximum atomic E-state index is 5.95. The molecule has 3 N–H and O–H groups in total. The molecule has 1 saturated carbocycles. The van der Waals surface area contributed by atoms with Gasteiger partial charge in [-0.05, 0) is 44.5 Å². The third-order valence-corrected chi connectivity index (χ3v) is 4.28. The molecule has 1 fully saturated rings. The van der Waals surface area contributed by atoms with Crippen molar-refractivity contribution >= 4 is 5.96 Å². The molecule has 0 bridgehead atoms. The molecule has 0 saturated heterocycles. The minimum atomic E-state index is 0.442. The van der Waals surface area contributed by atoms with E-state index >= 15 is 0 Å². The number of nitrogens with zero attached hydrogens (tertiary/aromatic N) is 2. The summed E-state index contributed by atoms with van der Waals surface area (Å²) in [6.07, 6.45) is 2.62. The number of methoxy groups -OCH3 is 2. The molecule has 1 aromatic carbocycles. The number of hydrogen-bond donors (Lipinski definition) is 2. The number of hydrogen-bond acceptors (Lipinski definition) is 4. The lowest BCUT2D eigenvalue weighted by atomic mass is 10.2. The van der Waals surface area contributed by atoms with Crippen LogP contribution in [-0.2, 0) is 6.54 Å². The molecule has 0 amide bonds. The van der Waals surface area contributed by atoms with Crippen LogP contribution in [0, 0.1) is 0 Å². The molecule has 1 aliphatic carbocycles. The molecule has 128 valence electrons. The molecule has 0 radical (unpaired) electrons. The second kappa shape index (κ2) is 8.06. The van der Waals surface area contributed by atoms with Gasteiger partial charge in [0.25, 0.3) is 0 Å². The summed E-state index contributed by atoms with van der Waals surface area (Å²) in [5.41, 5.74) is 6.98. The average Bonchev–Trinajstić information content (AvgIpc) is 3.41. The maximum Gasteiger partial charge on any atom is 0.188 e. The van der Waals surface area contributed by atoms with E-state index in [1.54, 1.807) is 14.2 Å². The number of ether oxygens (including phenoxy) is 2. The van der Waals surface area contributed by atoms with Gasteiger partial charge in [0.2, 0.25) is 0 Å². The van der Waals surface area contributed by atoms with Crippen molar-refractivity contribution in [2.75, 3.05) is 27.8 Å². The van der Waals surface area contributed by atoms with Gasteiger partial charge in [-0.3, -0.25) is 4.90 Å². The second-order valence-corrected chi connectivity index (χ2v) is 6.02. The van der Waals surface area contributed by atoms with Crippen molar-refractivity contribution in [1.29, 1.82) is 0 Å². The molecule has 1 atom stereocenters. The molecule has 1 unspecified atom stereocenters. The minimum absolute atomic E-state index is 0.442. The topological polar surface area (TPSA) is 72.1 Å². The van der Waals surface area contributed by atoms with Crippen molar-refractivity contribution in [1.82, 2.24) is 10.2 Å². The number of benzene rings is 1. The predicted octanol–water partition coefficient (Wildman–Crippen LogP) is 1.59. The summed E-state index contributed by atoms with van der Waals surface area (Å²) in [6.45, 7) is 3.51. The van der Waals surface area contributed by atoms with Gasteiger partial charge in [0, 0.05) is 18.6 Å². The summed E-state index contributed by atoms with van der Waals surface area (Å²) in [5.74, 6) is 1.88. The number of guanidine groups is 1. The fourth-order valence-corrected chi connectivity index (χ4v) is 2.45. The maximum absolute atomic E-state index is 5.95. The predicted molar refractivity (Wildman–Crippen MR) is 93.1 cm³/mol. The molecule has 0 heterocycles. The van der Waals surface area contributed by atoms with Crippen molar-refractivity contribution in [2.45, 2.75) is 38.4 Å². The largest absolute Gasteiger partial charge is 0.493 e. The fourth-order valence-electron chi connectivity index (χ4n) is 2.45. The summed E-state index contributed by atoms with van der Waals surface area (Å²) < 4.78 is 10.5. The normalized spacial score (nSPS) is 16.3. The molecule has 1 aromatic rings. The quantitative estimate of drug-likeness (QED) is 0.562. The van der Waals surface area contributed by atoms with Crippen LogP contribution >= 0.6 is 0 Å². The number of likely N-dealkylation sites (N-methyl/N-ethyl adjacent to an activating group) is 1. The van der Waals surface area contributed by atoms with Crippen molar-refractivity contribution in [3.05, 3.63) is 23.8 Å². The molecule has 0 aromatic heterocycles. The molecular formula is C17H28N4O2. The number of aliphatic imine (C=N–C) groups is 1. The van der Waals surface area contributed by atoms with Gasteiger partial charge in [0.1, 0.15) is 0 Å². The van der Waals surface area contributed by atoms with Crippen LogP contribution in [0.25, 0.3) is 0 Å². The van der Waals surface area contributed by atoms with E-state index in [1.807, 2.05) is 18.2 Å². The number of nitrogens with one attached hydrogen (secondary N) is 1. The second-order valence-electron chi connectivity index (χ2n) is 6.02. The van der Waals surface area contributed by atoms with E-state index in [-0.39, 0.29) is 0 Å². The van der Waals surface area contributed by atoms with Crippen LogP contribution in [0.4, 0.5) is 0 Å². The van der Waals surface area contributed by atoms with Crippen LogP contribution in [0.5, 0.6) is 11.5 Å². The Morgan fingerprint density at radius 1 is 1.35 bits per heavy atom. The summed E-state index contributed by atoms with van der Waals surface area (Å²) in [6, 6.07) is 6.94. The Kier molecular flexibility index (Phi) is 6.10. The zero-order chi connectivity index (χ0) is 16.8. The van der Waals surface area contributed by atoms with Gasteiger partial charge in [0.15, 0.2) is 17.5 Å². The van der Waals surface area contributed by atoms with Crippen LogP contribution in [0.1, 0.15) is 25.3 Å². The number of nitrogens with two attached hydrogens (primary N) is 1. The third-order valence-electron chi connectivity index (χ3n) is 4.28. The average molecular weight is 320 g/mol. The van der Waals surface area contributed by atoms with Gasteiger partial charge >= 0.3 is 0 Å². The van der Waals surface area contributed by atoms with E-state index in [2.05, 4.69) is 29.2 Å². The van der Waals surface area contributed by atoms with E-state index in [9.17, 15) is 0 Å². The van der Waals surface area contributed by atoms with E-state index in [0.717, 1.165) is 18.2 Å². The first-order valence-corrected chi connectivity index (χ1v) is 8.01. The zero-order valence-corrected chi connectivity index (χ0v) is 14.5. The van der Waals surface area contributed by atoms with Crippen LogP contribution in [0.3, 0.4) is 0 Å². The minimum Gasteiger partial charge on any atom is -0.493 e. The Balaban J connectivity index is 1.84. The summed E-state index contributed by atoms with van der Waals surface area (Å²) in [4.78, 5) is 6.78. The summed E-state index contributed by atoms with van der Waals surface area (Å²) in [5, 5.41) is 3.20. The van der Waals surface area contributed by atoms with Crippen LogP contribution < -0.4 is 20.5 Å². The van der Waals surface area contributed by atoms with Gasteiger partial charge < -0.3 is 20.5 Å². The Bertz CT molecular complexity index is 543. The van der Waals surface area contributed by atoms with E-state index in [4.69, 9.17) is 15.2 Å². The first-order valence-electron chi connectivity index (χ1n) is 8.01. The smallest absolute Gasteiger partial charge is 0.188 e. The van der Waals surface area contributed by atoms with Crippen molar-refractivity contribution < 1.29 is 9.47 Å². The lowest BCUT2D eigenvalue weighted by molar-refractivity contribution is 0.248. The molecular weight excluding hydrogens is 292 g/mol.